The van der Waals surface area contributed by atoms with Gasteiger partial charge in [-0.1, -0.05) is 26.7 Å². The van der Waals surface area contributed by atoms with Crippen molar-refractivity contribution in [3.05, 3.63) is 23.4 Å². The lowest BCUT2D eigenvalue weighted by atomic mass is 9.91. The second kappa shape index (κ2) is 7.20. The van der Waals surface area contributed by atoms with Crippen molar-refractivity contribution in [2.45, 2.75) is 26.2 Å². The molecule has 1 rings (SSSR count). The molecule has 0 saturated carbocycles. The fraction of sp³-hybridized carbons (Fsp3) is 0.467. The molecule has 0 atom stereocenters. The van der Waals surface area contributed by atoms with Gasteiger partial charge in [0.05, 0.1) is 11.3 Å². The Balaban J connectivity index is 2.82. The molecule has 108 valence electrons. The van der Waals surface area contributed by atoms with E-state index in [1.165, 1.54) is 0 Å². The maximum Gasteiger partial charge on any atom is 0.335 e. The smallest absolute Gasteiger partial charge is 0.335 e. The highest BCUT2D eigenvalue weighted by molar-refractivity contribution is 7.99. The average molecular weight is 292 g/mol. The van der Waals surface area contributed by atoms with Gasteiger partial charge in [-0.2, -0.15) is 0 Å². The Morgan fingerprint density at radius 3 is 2.75 bits per heavy atom. The Morgan fingerprint density at radius 2 is 2.20 bits per heavy atom. The van der Waals surface area contributed by atoms with Crippen molar-refractivity contribution in [1.82, 2.24) is 4.98 Å². The number of aromatic carboxylic acids is 1. The molecule has 0 spiro atoms. The molecule has 0 radical (unpaired) electrons. The zero-order valence-electron chi connectivity index (χ0n) is 12.1. The molecule has 1 aromatic heterocycles. The molecule has 1 heterocycles. The van der Waals surface area contributed by atoms with E-state index in [0.717, 1.165) is 11.4 Å². The van der Waals surface area contributed by atoms with Gasteiger partial charge in [0.2, 0.25) is 0 Å². The minimum atomic E-state index is -0.942. The van der Waals surface area contributed by atoms with Gasteiger partial charge in [0, 0.05) is 23.4 Å². The van der Waals surface area contributed by atoms with E-state index in [-0.39, 0.29) is 11.0 Å². The highest BCUT2D eigenvalue weighted by Crippen LogP contribution is 2.23. The first kappa shape index (κ1) is 16.4. The summed E-state index contributed by atoms with van der Waals surface area (Å²) in [5.74, 6) is 3.75. The third-order valence-electron chi connectivity index (χ3n) is 2.58. The normalized spacial score (nSPS) is 10.9. The van der Waals surface area contributed by atoms with Crippen molar-refractivity contribution in [2.24, 2.45) is 0 Å². The monoisotopic (exact) mass is 292 g/mol. The van der Waals surface area contributed by atoms with Crippen LogP contribution in [-0.2, 0) is 5.41 Å². The minimum Gasteiger partial charge on any atom is -0.478 e. The van der Waals surface area contributed by atoms with E-state index in [0.29, 0.717) is 18.1 Å². The third kappa shape index (κ3) is 5.14. The summed E-state index contributed by atoms with van der Waals surface area (Å²) in [6.07, 6.45) is 5.17. The quantitative estimate of drug-likeness (QED) is 0.623. The molecule has 0 aromatic carbocycles. The Labute approximate surface area is 124 Å². The highest BCUT2D eigenvalue weighted by atomic mass is 32.2. The summed E-state index contributed by atoms with van der Waals surface area (Å²) in [5.41, 5.74) is 0.819. The van der Waals surface area contributed by atoms with Crippen molar-refractivity contribution in [1.29, 1.82) is 0 Å². The summed E-state index contributed by atoms with van der Waals surface area (Å²) in [4.78, 5) is 15.6. The van der Waals surface area contributed by atoms with Crippen LogP contribution >= 0.6 is 11.8 Å². The van der Waals surface area contributed by atoms with E-state index in [1.54, 1.807) is 23.9 Å². The summed E-state index contributed by atoms with van der Waals surface area (Å²) in [5, 5.41) is 12.3. The summed E-state index contributed by atoms with van der Waals surface area (Å²) >= 11 is 1.65. The van der Waals surface area contributed by atoms with Crippen molar-refractivity contribution >= 4 is 23.5 Å². The summed E-state index contributed by atoms with van der Waals surface area (Å²) in [7, 11) is 0. The van der Waals surface area contributed by atoms with Crippen molar-refractivity contribution in [2.75, 3.05) is 23.4 Å². The number of carboxylic acids is 1. The summed E-state index contributed by atoms with van der Waals surface area (Å²) < 4.78 is 0. The fourth-order valence-corrected chi connectivity index (χ4v) is 2.02. The number of terminal acetylenes is 1. The Hall–Kier alpha value is -1.67. The van der Waals surface area contributed by atoms with Crippen LogP contribution in [0.15, 0.2) is 12.1 Å². The summed E-state index contributed by atoms with van der Waals surface area (Å²) in [6.45, 7) is 6.72. The van der Waals surface area contributed by atoms with Gasteiger partial charge in [-0.05, 0) is 12.1 Å². The Bertz CT molecular complexity index is 516. The molecule has 20 heavy (non-hydrogen) atoms. The second-order valence-corrected chi connectivity index (χ2v) is 6.47. The van der Waals surface area contributed by atoms with Gasteiger partial charge < -0.3 is 10.4 Å². The molecule has 0 bridgehead atoms. The van der Waals surface area contributed by atoms with Gasteiger partial charge in [0.25, 0.3) is 0 Å². The molecule has 0 saturated heterocycles. The SMILES string of the molecule is C#CCSCCNc1cc(C(=O)O)cc(C(C)(C)C)n1. The van der Waals surface area contributed by atoms with Crippen LogP contribution in [-0.4, -0.2) is 34.1 Å². The van der Waals surface area contributed by atoms with Crippen LogP contribution in [0, 0.1) is 12.3 Å². The number of carbonyl (C=O) groups is 1. The van der Waals surface area contributed by atoms with E-state index in [1.807, 2.05) is 20.8 Å². The second-order valence-electron chi connectivity index (χ2n) is 5.36. The lowest BCUT2D eigenvalue weighted by molar-refractivity contribution is 0.0696. The molecular weight excluding hydrogens is 272 g/mol. The number of nitrogens with one attached hydrogen (secondary N) is 1. The molecule has 0 fully saturated rings. The van der Waals surface area contributed by atoms with Crippen LogP contribution in [0.1, 0.15) is 36.8 Å². The van der Waals surface area contributed by atoms with Gasteiger partial charge in [0.1, 0.15) is 5.82 Å². The first-order valence-electron chi connectivity index (χ1n) is 6.35. The maximum atomic E-state index is 11.2. The van der Waals surface area contributed by atoms with Crippen LogP contribution in [0.2, 0.25) is 0 Å². The molecule has 0 aliphatic rings. The predicted octanol–water partition coefficient (Wildman–Crippen LogP) is 2.86. The topological polar surface area (TPSA) is 62.2 Å². The number of nitrogens with zero attached hydrogens (tertiary/aromatic N) is 1. The summed E-state index contributed by atoms with van der Waals surface area (Å²) in [6, 6.07) is 3.18. The number of hydrogen-bond acceptors (Lipinski definition) is 4. The van der Waals surface area contributed by atoms with Gasteiger partial charge in [-0.15, -0.1) is 18.2 Å². The molecule has 0 aliphatic heterocycles. The largest absolute Gasteiger partial charge is 0.478 e. The van der Waals surface area contributed by atoms with Crippen LogP contribution < -0.4 is 5.32 Å². The first-order valence-corrected chi connectivity index (χ1v) is 7.51. The van der Waals surface area contributed by atoms with E-state index in [2.05, 4.69) is 16.2 Å². The molecule has 2 N–H and O–H groups in total. The molecule has 1 aromatic rings. The van der Waals surface area contributed by atoms with Crippen LogP contribution in [0.5, 0.6) is 0 Å². The zero-order chi connectivity index (χ0) is 15.2. The number of anilines is 1. The number of rotatable bonds is 6. The number of carboxylic acid groups (broad SMARTS) is 1. The molecular formula is C15H20N2O2S. The van der Waals surface area contributed by atoms with E-state index >= 15 is 0 Å². The standard InChI is InChI=1S/C15H20N2O2S/c1-5-7-20-8-6-16-13-10-11(14(18)19)9-12(17-13)15(2,3)4/h1,9-10H,6-8H2,2-4H3,(H,16,17)(H,18,19). The molecule has 5 heteroatoms. The number of hydrogen-bond donors (Lipinski definition) is 2. The number of pyridine rings is 1. The van der Waals surface area contributed by atoms with Gasteiger partial charge in [-0.3, -0.25) is 0 Å². The van der Waals surface area contributed by atoms with E-state index in [4.69, 9.17) is 11.5 Å². The van der Waals surface area contributed by atoms with Crippen LogP contribution in [0.25, 0.3) is 0 Å². The lowest BCUT2D eigenvalue weighted by Crippen LogP contribution is -2.17. The van der Waals surface area contributed by atoms with Gasteiger partial charge in [0.15, 0.2) is 0 Å². The highest BCUT2D eigenvalue weighted by Gasteiger charge is 2.18. The van der Waals surface area contributed by atoms with E-state index in [9.17, 15) is 4.79 Å². The maximum absolute atomic E-state index is 11.2. The van der Waals surface area contributed by atoms with Crippen molar-refractivity contribution in [3.63, 3.8) is 0 Å². The predicted molar refractivity (Wildman–Crippen MR) is 84.5 cm³/mol. The molecule has 0 aliphatic carbocycles. The third-order valence-corrected chi connectivity index (χ3v) is 3.44. The Morgan fingerprint density at radius 1 is 1.50 bits per heavy atom. The first-order chi connectivity index (χ1) is 9.34. The molecule has 4 nitrogen and oxygen atoms in total. The van der Waals surface area contributed by atoms with Crippen LogP contribution in [0.3, 0.4) is 0 Å². The van der Waals surface area contributed by atoms with Crippen molar-refractivity contribution < 1.29 is 9.90 Å². The van der Waals surface area contributed by atoms with E-state index < -0.39 is 5.97 Å². The van der Waals surface area contributed by atoms with Crippen LogP contribution in [0.4, 0.5) is 5.82 Å². The molecule has 0 amide bonds. The number of thioether (sulfide) groups is 1. The van der Waals surface area contributed by atoms with Crippen molar-refractivity contribution in [3.8, 4) is 12.3 Å². The zero-order valence-corrected chi connectivity index (χ0v) is 12.9. The van der Waals surface area contributed by atoms with Gasteiger partial charge >= 0.3 is 5.97 Å². The molecule has 0 unspecified atom stereocenters. The van der Waals surface area contributed by atoms with Gasteiger partial charge in [-0.25, -0.2) is 9.78 Å². The Kier molecular flexibility index (Phi) is 5.90. The lowest BCUT2D eigenvalue weighted by Gasteiger charge is -2.19. The average Bonchev–Trinajstić information content (AvgIpc) is 2.37. The fourth-order valence-electron chi connectivity index (χ4n) is 1.51. The minimum absolute atomic E-state index is 0.194. The number of aromatic nitrogens is 1.